The number of likely N-dealkylation sites (tertiary alicyclic amines) is 1. The maximum absolute atomic E-state index is 12.1. The molecular weight excluding hydrogens is 348 g/mol. The molecule has 1 aliphatic carbocycles. The van der Waals surface area contributed by atoms with Crippen molar-refractivity contribution in [3.63, 3.8) is 0 Å². The van der Waals surface area contributed by atoms with E-state index >= 15 is 0 Å². The molecular formula is C20H32N2O3S. The number of aliphatic hydroxyl groups is 1. The molecule has 3 rings (SSSR count). The molecule has 1 heterocycles. The molecule has 0 aromatic heterocycles. The molecule has 5 nitrogen and oxygen atoms in total. The summed E-state index contributed by atoms with van der Waals surface area (Å²) < 4.78 is 27.0. The third-order valence-corrected chi connectivity index (χ3v) is 7.63. The van der Waals surface area contributed by atoms with E-state index in [-0.39, 0.29) is 23.3 Å². The minimum Gasteiger partial charge on any atom is -0.391 e. The first-order valence-electron chi connectivity index (χ1n) is 9.91. The van der Waals surface area contributed by atoms with Gasteiger partial charge in [-0.05, 0) is 64.1 Å². The lowest BCUT2D eigenvalue weighted by Crippen LogP contribution is -2.42. The Hall–Kier alpha value is -0.950. The first-order valence-corrected chi connectivity index (χ1v) is 11.6. The normalized spacial score (nSPS) is 31.0. The van der Waals surface area contributed by atoms with Gasteiger partial charge < -0.3 is 5.11 Å². The van der Waals surface area contributed by atoms with Gasteiger partial charge in [0.25, 0.3) is 0 Å². The maximum Gasteiger partial charge on any atom is 0.211 e. The maximum atomic E-state index is 12.1. The lowest BCUT2D eigenvalue weighted by molar-refractivity contribution is 0.0569. The molecule has 2 aliphatic rings. The van der Waals surface area contributed by atoms with Crippen LogP contribution in [0.2, 0.25) is 0 Å². The molecule has 0 spiro atoms. The van der Waals surface area contributed by atoms with Crippen LogP contribution in [0.1, 0.15) is 51.0 Å². The number of hydrogen-bond donors (Lipinski definition) is 2. The number of aliphatic hydroxyl groups excluding tert-OH is 1. The van der Waals surface area contributed by atoms with Gasteiger partial charge in [0.15, 0.2) is 0 Å². The van der Waals surface area contributed by atoms with Crippen LogP contribution in [0.15, 0.2) is 30.3 Å². The topological polar surface area (TPSA) is 69.6 Å². The van der Waals surface area contributed by atoms with E-state index in [9.17, 15) is 13.5 Å². The van der Waals surface area contributed by atoms with Crippen LogP contribution in [0.4, 0.5) is 0 Å². The molecule has 0 unspecified atom stereocenters. The summed E-state index contributed by atoms with van der Waals surface area (Å²) in [6.45, 7) is 4.22. The molecule has 1 aliphatic heterocycles. The zero-order valence-electron chi connectivity index (χ0n) is 15.7. The molecule has 26 heavy (non-hydrogen) atoms. The average Bonchev–Trinajstić information content (AvgIpc) is 3.13. The summed E-state index contributed by atoms with van der Waals surface area (Å²) >= 11 is 0. The van der Waals surface area contributed by atoms with Crippen LogP contribution in [0.5, 0.6) is 0 Å². The minimum atomic E-state index is -3.24. The van der Waals surface area contributed by atoms with Crippen LogP contribution in [0, 0.1) is 0 Å². The number of nitrogens with zero attached hydrogens (tertiary/aromatic N) is 1. The second kappa shape index (κ2) is 8.38. The fourth-order valence-corrected chi connectivity index (χ4v) is 5.27. The van der Waals surface area contributed by atoms with Crippen molar-refractivity contribution in [2.75, 3.05) is 25.4 Å². The van der Waals surface area contributed by atoms with Crippen molar-refractivity contribution < 1.29 is 13.5 Å². The van der Waals surface area contributed by atoms with Gasteiger partial charge in [-0.15, -0.1) is 0 Å². The van der Waals surface area contributed by atoms with Crippen molar-refractivity contribution in [1.82, 2.24) is 9.62 Å². The summed E-state index contributed by atoms with van der Waals surface area (Å²) in [4.78, 5) is 2.43. The Bertz CT molecular complexity index is 674. The monoisotopic (exact) mass is 380 g/mol. The van der Waals surface area contributed by atoms with Gasteiger partial charge in [0, 0.05) is 18.0 Å². The average molecular weight is 381 g/mol. The Balaban J connectivity index is 1.84. The summed E-state index contributed by atoms with van der Waals surface area (Å²) in [6, 6.07) is 10.4. The van der Waals surface area contributed by atoms with E-state index in [1.807, 2.05) is 18.2 Å². The van der Waals surface area contributed by atoms with Crippen LogP contribution < -0.4 is 4.72 Å². The molecule has 1 aromatic carbocycles. The highest BCUT2D eigenvalue weighted by molar-refractivity contribution is 7.89. The first-order chi connectivity index (χ1) is 12.5. The van der Waals surface area contributed by atoms with E-state index in [0.717, 1.165) is 32.4 Å². The number of benzene rings is 1. The van der Waals surface area contributed by atoms with Crippen molar-refractivity contribution in [1.29, 1.82) is 0 Å². The molecule has 0 bridgehead atoms. The highest BCUT2D eigenvalue weighted by Crippen LogP contribution is 2.39. The zero-order chi connectivity index (χ0) is 18.6. The Kier molecular flexibility index (Phi) is 6.38. The van der Waals surface area contributed by atoms with Gasteiger partial charge in [-0.2, -0.15) is 0 Å². The van der Waals surface area contributed by atoms with Gasteiger partial charge >= 0.3 is 0 Å². The summed E-state index contributed by atoms with van der Waals surface area (Å²) in [6.07, 6.45) is 5.40. The van der Waals surface area contributed by atoms with Crippen LogP contribution in [-0.4, -0.2) is 56.0 Å². The fourth-order valence-electron chi connectivity index (χ4n) is 4.57. The van der Waals surface area contributed by atoms with E-state index in [4.69, 9.17) is 0 Å². The second-order valence-corrected chi connectivity index (χ2v) is 9.92. The third-order valence-electron chi connectivity index (χ3n) is 6.29. The van der Waals surface area contributed by atoms with Gasteiger partial charge in [-0.25, -0.2) is 13.1 Å². The summed E-state index contributed by atoms with van der Waals surface area (Å²) in [5.41, 5.74) is 0.923. The van der Waals surface area contributed by atoms with E-state index < -0.39 is 10.0 Å². The van der Waals surface area contributed by atoms with Crippen LogP contribution in [0.25, 0.3) is 0 Å². The fraction of sp³-hybridized carbons (Fsp3) is 0.700. The highest BCUT2D eigenvalue weighted by atomic mass is 32.2. The Morgan fingerprint density at radius 3 is 2.46 bits per heavy atom. The van der Waals surface area contributed by atoms with Crippen molar-refractivity contribution in [3.8, 4) is 0 Å². The van der Waals surface area contributed by atoms with Crippen LogP contribution in [0.3, 0.4) is 0 Å². The molecule has 6 heteroatoms. The molecule has 1 saturated carbocycles. The molecule has 1 aromatic rings. The Labute approximate surface area is 157 Å². The van der Waals surface area contributed by atoms with E-state index in [1.54, 1.807) is 6.92 Å². The van der Waals surface area contributed by atoms with Crippen LogP contribution >= 0.6 is 0 Å². The van der Waals surface area contributed by atoms with E-state index in [1.165, 1.54) is 18.4 Å². The molecule has 0 radical (unpaired) electrons. The van der Waals surface area contributed by atoms with Crippen molar-refractivity contribution in [2.24, 2.45) is 0 Å². The van der Waals surface area contributed by atoms with Gasteiger partial charge in [0.05, 0.1) is 11.9 Å². The van der Waals surface area contributed by atoms with Gasteiger partial charge in [-0.3, -0.25) is 4.90 Å². The molecule has 2 fully saturated rings. The predicted octanol–water partition coefficient (Wildman–Crippen LogP) is 2.26. The SMILES string of the molecule is CCS(=O)(=O)NC[C@@]1(c2ccccc2)CC[C@H](O)[C@@H](N2CCCC2)CC1. The quantitative estimate of drug-likeness (QED) is 0.743. The van der Waals surface area contributed by atoms with E-state index in [2.05, 4.69) is 21.8 Å². The van der Waals surface area contributed by atoms with Crippen LogP contribution in [-0.2, 0) is 15.4 Å². The summed E-state index contributed by atoms with van der Waals surface area (Å²) in [7, 11) is -3.24. The second-order valence-electron chi connectivity index (χ2n) is 7.83. The lowest BCUT2D eigenvalue weighted by Gasteiger charge is -2.34. The number of nitrogens with one attached hydrogen (secondary N) is 1. The summed E-state index contributed by atoms with van der Waals surface area (Å²) in [5, 5.41) is 10.8. The van der Waals surface area contributed by atoms with Crippen molar-refractivity contribution >= 4 is 10.0 Å². The molecule has 146 valence electrons. The van der Waals surface area contributed by atoms with Gasteiger partial charge in [0.2, 0.25) is 10.0 Å². The molecule has 1 saturated heterocycles. The molecule has 3 atom stereocenters. The minimum absolute atomic E-state index is 0.0941. The summed E-state index contributed by atoms with van der Waals surface area (Å²) in [5.74, 6) is 0.0941. The third kappa shape index (κ3) is 4.47. The number of rotatable bonds is 6. The molecule has 0 amide bonds. The van der Waals surface area contributed by atoms with Crippen molar-refractivity contribution in [3.05, 3.63) is 35.9 Å². The Morgan fingerprint density at radius 2 is 1.81 bits per heavy atom. The van der Waals surface area contributed by atoms with E-state index in [0.29, 0.717) is 13.0 Å². The smallest absolute Gasteiger partial charge is 0.211 e. The van der Waals surface area contributed by atoms with Gasteiger partial charge in [0.1, 0.15) is 0 Å². The van der Waals surface area contributed by atoms with Gasteiger partial charge in [-0.1, -0.05) is 30.3 Å². The Morgan fingerprint density at radius 1 is 1.15 bits per heavy atom. The number of sulfonamides is 1. The molecule has 2 N–H and O–H groups in total. The zero-order valence-corrected chi connectivity index (χ0v) is 16.5. The first kappa shape index (κ1) is 19.8. The van der Waals surface area contributed by atoms with Crippen molar-refractivity contribution in [2.45, 2.75) is 63.0 Å². The number of hydrogen-bond acceptors (Lipinski definition) is 4. The lowest BCUT2D eigenvalue weighted by atomic mass is 9.74. The predicted molar refractivity (Wildman–Crippen MR) is 105 cm³/mol. The highest BCUT2D eigenvalue weighted by Gasteiger charge is 2.40. The standard InChI is InChI=1S/C20H32N2O3S/c1-2-26(24,25)21-16-20(17-8-4-3-5-9-17)12-10-18(19(23)11-13-20)22-14-6-7-15-22/h3-5,8-9,18-19,21,23H,2,6-7,10-16H2,1H3/t18-,19-,20-/m0/s1. The largest absolute Gasteiger partial charge is 0.391 e.